The van der Waals surface area contributed by atoms with Gasteiger partial charge in [0.1, 0.15) is 11.6 Å². The molecule has 0 aliphatic heterocycles. The van der Waals surface area contributed by atoms with E-state index < -0.39 is 0 Å². The third-order valence-corrected chi connectivity index (χ3v) is 3.96. The summed E-state index contributed by atoms with van der Waals surface area (Å²) in [6.07, 6.45) is 2.65. The number of aryl methyl sites for hydroxylation is 2. The van der Waals surface area contributed by atoms with Crippen molar-refractivity contribution in [3.8, 4) is 0 Å². The lowest BCUT2D eigenvalue weighted by molar-refractivity contribution is 0.191. The topological polar surface area (TPSA) is 27.1 Å². The fourth-order valence-electron chi connectivity index (χ4n) is 2.21. The van der Waals surface area contributed by atoms with E-state index in [1.807, 2.05) is 0 Å². The minimum absolute atomic E-state index is 0.293. The molecule has 110 valence electrons. The van der Waals surface area contributed by atoms with E-state index in [4.69, 9.17) is 16.3 Å². The average Bonchev–Trinajstić information content (AvgIpc) is 2.73. The Balaban J connectivity index is 2.32. The van der Waals surface area contributed by atoms with Crippen LogP contribution >= 0.6 is 27.5 Å². The third kappa shape index (κ3) is 3.51. The van der Waals surface area contributed by atoms with E-state index in [0.717, 1.165) is 37.3 Å². The van der Waals surface area contributed by atoms with E-state index in [-0.39, 0.29) is 5.82 Å². The highest BCUT2D eigenvalue weighted by Crippen LogP contribution is 2.25. The molecule has 2 rings (SSSR count). The number of benzene rings is 1. The van der Waals surface area contributed by atoms with Gasteiger partial charge < -0.3 is 9.30 Å². The molecule has 0 aliphatic rings. The molecule has 20 heavy (non-hydrogen) atoms. The van der Waals surface area contributed by atoms with E-state index in [1.165, 1.54) is 6.07 Å². The summed E-state index contributed by atoms with van der Waals surface area (Å²) < 4.78 is 21.2. The van der Waals surface area contributed by atoms with Gasteiger partial charge in [-0.2, -0.15) is 0 Å². The molecule has 0 N–H and O–H groups in total. The Morgan fingerprint density at radius 1 is 1.40 bits per heavy atom. The second-order valence-corrected chi connectivity index (χ2v) is 5.81. The molecule has 0 saturated carbocycles. The van der Waals surface area contributed by atoms with E-state index >= 15 is 0 Å². The van der Waals surface area contributed by atoms with Crippen molar-refractivity contribution in [1.82, 2.24) is 9.55 Å². The zero-order valence-corrected chi connectivity index (χ0v) is 13.7. The van der Waals surface area contributed by atoms with Crippen molar-refractivity contribution in [3.63, 3.8) is 0 Å². The third-order valence-electron chi connectivity index (χ3n) is 3.17. The number of imidazole rings is 1. The summed E-state index contributed by atoms with van der Waals surface area (Å²) in [5.41, 5.74) is 1.62. The Bertz CT molecular complexity index is 588. The molecule has 2 aromatic rings. The zero-order valence-electron chi connectivity index (χ0n) is 11.3. The number of unbranched alkanes of at least 4 members (excludes halogenated alkanes) is 1. The molecular weight excluding hydrogens is 347 g/mol. The van der Waals surface area contributed by atoms with Crippen molar-refractivity contribution in [3.05, 3.63) is 28.2 Å². The van der Waals surface area contributed by atoms with Crippen LogP contribution in [0.3, 0.4) is 0 Å². The summed E-state index contributed by atoms with van der Waals surface area (Å²) in [5, 5.41) is 0. The van der Waals surface area contributed by atoms with Gasteiger partial charge in [0.2, 0.25) is 0 Å². The van der Waals surface area contributed by atoms with Crippen molar-refractivity contribution < 1.29 is 9.13 Å². The van der Waals surface area contributed by atoms with E-state index in [9.17, 15) is 4.39 Å². The van der Waals surface area contributed by atoms with Crippen LogP contribution in [0.5, 0.6) is 0 Å². The highest BCUT2D eigenvalue weighted by atomic mass is 79.9. The Morgan fingerprint density at radius 2 is 2.20 bits per heavy atom. The molecule has 6 heteroatoms. The van der Waals surface area contributed by atoms with Gasteiger partial charge in [0, 0.05) is 38.6 Å². The minimum atomic E-state index is -0.293. The predicted molar refractivity (Wildman–Crippen MR) is 82.9 cm³/mol. The summed E-state index contributed by atoms with van der Waals surface area (Å²) >= 11 is 9.05. The highest BCUT2D eigenvalue weighted by molar-refractivity contribution is 9.10. The lowest BCUT2D eigenvalue weighted by atomic mass is 10.3. The van der Waals surface area contributed by atoms with Crippen molar-refractivity contribution in [1.29, 1.82) is 0 Å². The Morgan fingerprint density at radius 3 is 2.90 bits per heavy atom. The zero-order chi connectivity index (χ0) is 14.5. The Kier molecular flexibility index (Phi) is 5.81. The number of hydrogen-bond donors (Lipinski definition) is 0. The van der Waals surface area contributed by atoms with Crippen LogP contribution in [-0.2, 0) is 17.7 Å². The first-order chi connectivity index (χ1) is 9.67. The predicted octanol–water partition coefficient (Wildman–Crippen LogP) is 4.15. The molecule has 0 radical (unpaired) electrons. The van der Waals surface area contributed by atoms with Gasteiger partial charge in [-0.1, -0.05) is 0 Å². The van der Waals surface area contributed by atoms with Crippen LogP contribution in [0.25, 0.3) is 11.0 Å². The lowest BCUT2D eigenvalue weighted by Crippen LogP contribution is -2.06. The van der Waals surface area contributed by atoms with Crippen LogP contribution in [-0.4, -0.2) is 29.1 Å². The van der Waals surface area contributed by atoms with Gasteiger partial charge in [-0.15, -0.1) is 11.6 Å². The molecule has 1 aromatic heterocycles. The number of rotatable bonds is 7. The highest BCUT2D eigenvalue weighted by Gasteiger charge is 2.13. The molecule has 0 aliphatic carbocycles. The maximum absolute atomic E-state index is 13.6. The van der Waals surface area contributed by atoms with Crippen LogP contribution in [0.1, 0.15) is 18.7 Å². The fourth-order valence-corrected chi connectivity index (χ4v) is 2.71. The first-order valence-electron chi connectivity index (χ1n) is 6.56. The van der Waals surface area contributed by atoms with Crippen LogP contribution in [0, 0.1) is 5.82 Å². The van der Waals surface area contributed by atoms with Gasteiger partial charge in [-0.05, 0) is 34.8 Å². The Labute approximate surface area is 131 Å². The van der Waals surface area contributed by atoms with Gasteiger partial charge in [-0.25, -0.2) is 9.37 Å². The monoisotopic (exact) mass is 362 g/mol. The minimum Gasteiger partial charge on any atom is -0.385 e. The van der Waals surface area contributed by atoms with Gasteiger partial charge in [0.15, 0.2) is 0 Å². The molecule has 0 amide bonds. The Hall–Kier alpha value is -0.650. The summed E-state index contributed by atoms with van der Waals surface area (Å²) in [6, 6.07) is 3.24. The second kappa shape index (κ2) is 7.38. The molecule has 0 unspecified atom stereocenters. The average molecular weight is 364 g/mol. The maximum Gasteiger partial charge on any atom is 0.139 e. The van der Waals surface area contributed by atoms with Crippen molar-refractivity contribution >= 4 is 38.6 Å². The maximum atomic E-state index is 13.6. The summed E-state index contributed by atoms with van der Waals surface area (Å²) in [4.78, 5) is 4.49. The molecule has 1 aromatic carbocycles. The largest absolute Gasteiger partial charge is 0.385 e. The lowest BCUT2D eigenvalue weighted by Gasteiger charge is -2.08. The second-order valence-electron chi connectivity index (χ2n) is 4.57. The summed E-state index contributed by atoms with van der Waals surface area (Å²) in [7, 11) is 1.70. The molecule has 3 nitrogen and oxygen atoms in total. The van der Waals surface area contributed by atoms with Gasteiger partial charge in [0.25, 0.3) is 0 Å². The number of ether oxygens (including phenoxy) is 1. The van der Waals surface area contributed by atoms with E-state index in [1.54, 1.807) is 13.2 Å². The van der Waals surface area contributed by atoms with Crippen LogP contribution in [0.4, 0.5) is 4.39 Å². The fraction of sp³-hybridized carbons (Fsp3) is 0.500. The van der Waals surface area contributed by atoms with Gasteiger partial charge in [-0.3, -0.25) is 0 Å². The molecular formula is C14H17BrClFN2O. The molecule has 0 spiro atoms. The molecule has 0 atom stereocenters. The number of hydrogen-bond acceptors (Lipinski definition) is 2. The molecule has 1 heterocycles. The van der Waals surface area contributed by atoms with Crippen LogP contribution in [0.15, 0.2) is 16.6 Å². The molecule has 0 fully saturated rings. The van der Waals surface area contributed by atoms with Crippen molar-refractivity contribution in [2.75, 3.05) is 19.6 Å². The van der Waals surface area contributed by atoms with Crippen molar-refractivity contribution in [2.24, 2.45) is 0 Å². The van der Waals surface area contributed by atoms with E-state index in [0.29, 0.717) is 22.3 Å². The number of halogens is 3. The van der Waals surface area contributed by atoms with Crippen LogP contribution in [0.2, 0.25) is 0 Å². The quantitative estimate of drug-likeness (QED) is 0.546. The summed E-state index contributed by atoms with van der Waals surface area (Å²) in [6.45, 7) is 1.58. The smallest absolute Gasteiger partial charge is 0.139 e. The number of nitrogens with zero attached hydrogens (tertiary/aromatic N) is 2. The van der Waals surface area contributed by atoms with E-state index in [2.05, 4.69) is 25.5 Å². The molecule has 0 saturated heterocycles. The normalized spacial score (nSPS) is 11.4. The summed E-state index contributed by atoms with van der Waals surface area (Å²) in [5.74, 6) is 1.12. The number of alkyl halides is 1. The van der Waals surface area contributed by atoms with Gasteiger partial charge >= 0.3 is 0 Å². The number of methoxy groups -OCH3 is 1. The first kappa shape index (κ1) is 15.7. The first-order valence-corrected chi connectivity index (χ1v) is 7.89. The standard InChI is InChI=1S/C14H17BrClFN2O/c1-20-7-3-2-6-19-13-8-10(15)11(17)9-12(13)18-14(19)4-5-16/h8-9H,2-7H2,1H3. The van der Waals surface area contributed by atoms with Crippen LogP contribution < -0.4 is 0 Å². The molecule has 0 bridgehead atoms. The SMILES string of the molecule is COCCCCn1c(CCCl)nc2cc(F)c(Br)cc21. The number of aromatic nitrogens is 2. The van der Waals surface area contributed by atoms with Gasteiger partial charge in [0.05, 0.1) is 15.5 Å². The van der Waals surface area contributed by atoms with Crippen molar-refractivity contribution in [2.45, 2.75) is 25.8 Å². The number of fused-ring (bicyclic) bond motifs is 1.